The number of alkyl halides is 3. The second-order valence-corrected chi connectivity index (χ2v) is 7.15. The number of ether oxygens (including phenoxy) is 4. The number of hydrogen-bond acceptors (Lipinski definition) is 9. The monoisotopic (exact) mass is 459 g/mol. The molecule has 13 heteroatoms. The van der Waals surface area contributed by atoms with Crippen molar-refractivity contribution in [2.45, 2.75) is 58.4 Å². The molecule has 0 bridgehead atoms. The SMILES string of the molecule is CC(=O)OC[C@H]1O[C@@H](n2cnc3c(C(F)(F)F)cc(C)nc32)[C@H](OC(C)=O)[C@@H]1OC(C)=O. The fourth-order valence-corrected chi connectivity index (χ4v) is 3.45. The summed E-state index contributed by atoms with van der Waals surface area (Å²) < 4.78 is 62.9. The molecule has 32 heavy (non-hydrogen) atoms. The number of pyridine rings is 1. The number of imidazole rings is 1. The number of esters is 3. The van der Waals surface area contributed by atoms with Crippen molar-refractivity contribution in [3.8, 4) is 0 Å². The highest BCUT2D eigenvalue weighted by molar-refractivity contribution is 5.76. The van der Waals surface area contributed by atoms with E-state index in [-0.39, 0.29) is 17.9 Å². The van der Waals surface area contributed by atoms with Crippen molar-refractivity contribution in [2.24, 2.45) is 0 Å². The largest absolute Gasteiger partial charge is 0.463 e. The number of aromatic nitrogens is 3. The molecule has 0 aliphatic carbocycles. The third-order valence-electron chi connectivity index (χ3n) is 4.58. The summed E-state index contributed by atoms with van der Waals surface area (Å²) in [5.41, 5.74) is -1.52. The van der Waals surface area contributed by atoms with Crippen LogP contribution in [-0.2, 0) is 39.5 Å². The molecule has 0 unspecified atom stereocenters. The van der Waals surface area contributed by atoms with Crippen LogP contribution in [0, 0.1) is 6.92 Å². The van der Waals surface area contributed by atoms with Crippen LogP contribution >= 0.6 is 0 Å². The third-order valence-corrected chi connectivity index (χ3v) is 4.58. The molecule has 0 saturated carbocycles. The number of halogens is 3. The molecule has 2 aromatic rings. The average Bonchev–Trinajstić information content (AvgIpc) is 3.19. The van der Waals surface area contributed by atoms with Gasteiger partial charge in [-0.25, -0.2) is 9.97 Å². The average molecular weight is 459 g/mol. The summed E-state index contributed by atoms with van der Waals surface area (Å²) in [7, 11) is 0. The Morgan fingerprint density at radius 1 is 1.09 bits per heavy atom. The number of aryl methyl sites for hydroxylation is 1. The highest BCUT2D eigenvalue weighted by Crippen LogP contribution is 2.38. The smallest absolute Gasteiger partial charge is 0.418 e. The zero-order chi connectivity index (χ0) is 23.8. The lowest BCUT2D eigenvalue weighted by Gasteiger charge is -2.23. The fourth-order valence-electron chi connectivity index (χ4n) is 3.45. The Morgan fingerprint density at radius 2 is 1.72 bits per heavy atom. The fraction of sp³-hybridized carbons (Fsp3) is 0.526. The Bertz CT molecular complexity index is 1050. The molecular formula is C19H20F3N3O7. The van der Waals surface area contributed by atoms with Crippen LogP contribution in [0.1, 0.15) is 38.3 Å². The zero-order valence-electron chi connectivity index (χ0n) is 17.5. The second kappa shape index (κ2) is 8.73. The van der Waals surface area contributed by atoms with Gasteiger partial charge in [0.25, 0.3) is 0 Å². The number of hydrogen-bond donors (Lipinski definition) is 0. The molecule has 4 atom stereocenters. The van der Waals surface area contributed by atoms with Crippen molar-refractivity contribution < 1.29 is 46.5 Å². The summed E-state index contributed by atoms with van der Waals surface area (Å²) in [6.45, 7) is 4.42. The molecule has 3 heterocycles. The molecule has 0 aromatic carbocycles. The first kappa shape index (κ1) is 23.4. The molecule has 0 spiro atoms. The van der Waals surface area contributed by atoms with Crippen molar-refractivity contribution in [3.63, 3.8) is 0 Å². The van der Waals surface area contributed by atoms with Gasteiger partial charge in [0.15, 0.2) is 24.1 Å². The van der Waals surface area contributed by atoms with Gasteiger partial charge >= 0.3 is 24.1 Å². The maximum atomic E-state index is 13.5. The minimum absolute atomic E-state index is 0.0709. The van der Waals surface area contributed by atoms with Crippen LogP contribution < -0.4 is 0 Å². The normalized spacial score (nSPS) is 23.2. The van der Waals surface area contributed by atoms with Gasteiger partial charge in [-0.05, 0) is 13.0 Å². The maximum absolute atomic E-state index is 13.5. The van der Waals surface area contributed by atoms with Crippen LogP contribution in [0.2, 0.25) is 0 Å². The lowest BCUT2D eigenvalue weighted by atomic mass is 10.1. The number of carbonyl (C=O) groups excluding carboxylic acids is 3. The van der Waals surface area contributed by atoms with Crippen LogP contribution in [0.25, 0.3) is 11.2 Å². The molecular weight excluding hydrogens is 439 g/mol. The van der Waals surface area contributed by atoms with Gasteiger partial charge in [-0.2, -0.15) is 13.2 Å². The first-order valence-electron chi connectivity index (χ1n) is 9.43. The molecule has 2 aromatic heterocycles. The summed E-state index contributed by atoms with van der Waals surface area (Å²) in [6.07, 6.45) is -8.43. The first-order valence-corrected chi connectivity index (χ1v) is 9.43. The molecule has 0 N–H and O–H groups in total. The highest BCUT2D eigenvalue weighted by atomic mass is 19.4. The minimum atomic E-state index is -4.69. The number of carbonyl (C=O) groups is 3. The number of fused-ring (bicyclic) bond motifs is 1. The Balaban J connectivity index is 2.10. The predicted molar refractivity (Wildman–Crippen MR) is 98.9 cm³/mol. The Hall–Kier alpha value is -3.22. The van der Waals surface area contributed by atoms with E-state index in [1.165, 1.54) is 6.92 Å². The van der Waals surface area contributed by atoms with E-state index < -0.39 is 59.7 Å². The summed E-state index contributed by atoms with van der Waals surface area (Å²) in [4.78, 5) is 42.6. The van der Waals surface area contributed by atoms with Crippen molar-refractivity contribution in [1.29, 1.82) is 0 Å². The van der Waals surface area contributed by atoms with Crippen LogP contribution in [-0.4, -0.2) is 57.4 Å². The molecule has 1 aliphatic heterocycles. The topological polar surface area (TPSA) is 119 Å². The van der Waals surface area contributed by atoms with Crippen molar-refractivity contribution in [2.75, 3.05) is 6.61 Å². The van der Waals surface area contributed by atoms with Crippen molar-refractivity contribution in [3.05, 3.63) is 23.7 Å². The van der Waals surface area contributed by atoms with Gasteiger partial charge in [-0.1, -0.05) is 0 Å². The zero-order valence-corrected chi connectivity index (χ0v) is 17.5. The molecule has 0 radical (unpaired) electrons. The van der Waals surface area contributed by atoms with E-state index in [2.05, 4.69) is 9.97 Å². The van der Waals surface area contributed by atoms with Gasteiger partial charge in [0, 0.05) is 26.5 Å². The van der Waals surface area contributed by atoms with E-state index in [9.17, 15) is 27.6 Å². The highest BCUT2D eigenvalue weighted by Gasteiger charge is 2.51. The lowest BCUT2D eigenvalue weighted by Crippen LogP contribution is -2.40. The van der Waals surface area contributed by atoms with E-state index >= 15 is 0 Å². The summed E-state index contributed by atoms with van der Waals surface area (Å²) in [6, 6.07) is 0.865. The van der Waals surface area contributed by atoms with Gasteiger partial charge in [0.05, 0.1) is 11.9 Å². The summed E-state index contributed by atoms with van der Waals surface area (Å²) in [5.74, 6) is -2.12. The summed E-state index contributed by atoms with van der Waals surface area (Å²) >= 11 is 0. The molecule has 1 saturated heterocycles. The van der Waals surface area contributed by atoms with E-state index in [4.69, 9.17) is 18.9 Å². The molecule has 3 rings (SSSR count). The van der Waals surface area contributed by atoms with Gasteiger partial charge in [-0.3, -0.25) is 19.0 Å². The second-order valence-electron chi connectivity index (χ2n) is 7.15. The Morgan fingerprint density at radius 3 is 2.28 bits per heavy atom. The maximum Gasteiger partial charge on any atom is 0.418 e. The quantitative estimate of drug-likeness (QED) is 0.489. The predicted octanol–water partition coefficient (Wildman–Crippen LogP) is 2.08. The Labute approximate surface area is 179 Å². The van der Waals surface area contributed by atoms with Crippen LogP contribution in [0.3, 0.4) is 0 Å². The molecule has 10 nitrogen and oxygen atoms in total. The van der Waals surface area contributed by atoms with Crippen LogP contribution in [0.4, 0.5) is 13.2 Å². The molecule has 174 valence electrons. The van der Waals surface area contributed by atoms with Gasteiger partial charge in [-0.15, -0.1) is 0 Å². The number of nitrogens with zero attached hydrogens (tertiary/aromatic N) is 3. The van der Waals surface area contributed by atoms with Gasteiger partial charge < -0.3 is 18.9 Å². The third kappa shape index (κ3) is 4.82. The molecule has 0 amide bonds. The van der Waals surface area contributed by atoms with E-state index in [1.54, 1.807) is 0 Å². The minimum Gasteiger partial charge on any atom is -0.463 e. The molecule has 1 fully saturated rings. The van der Waals surface area contributed by atoms with Crippen molar-refractivity contribution >= 4 is 29.1 Å². The lowest BCUT2D eigenvalue weighted by molar-refractivity contribution is -0.166. The van der Waals surface area contributed by atoms with Crippen LogP contribution in [0.15, 0.2) is 12.4 Å². The van der Waals surface area contributed by atoms with Gasteiger partial charge in [0.2, 0.25) is 0 Å². The number of rotatable bonds is 5. The Kier molecular flexibility index (Phi) is 6.39. The van der Waals surface area contributed by atoms with E-state index in [0.29, 0.717) is 0 Å². The summed E-state index contributed by atoms with van der Waals surface area (Å²) in [5, 5.41) is 0. The van der Waals surface area contributed by atoms with Crippen molar-refractivity contribution in [1.82, 2.24) is 14.5 Å². The first-order chi connectivity index (χ1) is 14.9. The van der Waals surface area contributed by atoms with E-state index in [1.807, 2.05) is 0 Å². The van der Waals surface area contributed by atoms with Crippen LogP contribution in [0.5, 0.6) is 0 Å². The van der Waals surface area contributed by atoms with E-state index in [0.717, 1.165) is 37.7 Å². The molecule has 1 aliphatic rings. The van der Waals surface area contributed by atoms with Gasteiger partial charge in [0.1, 0.15) is 18.2 Å². The standard InChI is InChI=1S/C19H20F3N3O7/c1-8-5-12(19(20,21)22)14-17(24-8)25(7-23-14)18-16(31-11(4)28)15(30-10(3)27)13(32-18)6-29-9(2)26/h5,7,13,15-16,18H,6H2,1-4H3/t13-,15-,16-,18-/m1/s1.